The molecule has 2 rings (SSSR count). The van der Waals surface area contributed by atoms with Gasteiger partial charge < -0.3 is 15.4 Å². The standard InChI is InChI=1S/C16H24N4O/c1-4-17-16-19-14-8-6-5-7-13(14)15(20-16)18-9-10-21-11-12(2)3/h5-8,12H,4,9-11H2,1-3H3,(H2,17,18,19,20). The summed E-state index contributed by atoms with van der Waals surface area (Å²) in [5, 5.41) is 7.54. The average Bonchev–Trinajstić information content (AvgIpc) is 2.47. The Morgan fingerprint density at radius 1 is 1.14 bits per heavy atom. The smallest absolute Gasteiger partial charge is 0.225 e. The van der Waals surface area contributed by atoms with Crippen LogP contribution in [-0.2, 0) is 4.74 Å². The molecule has 0 aliphatic rings. The quantitative estimate of drug-likeness (QED) is 0.731. The number of benzene rings is 1. The number of fused-ring (bicyclic) bond motifs is 1. The second-order valence-electron chi connectivity index (χ2n) is 5.34. The fourth-order valence-electron chi connectivity index (χ4n) is 2.01. The molecule has 0 aliphatic carbocycles. The Balaban J connectivity index is 2.06. The van der Waals surface area contributed by atoms with Crippen LogP contribution in [0.25, 0.3) is 10.9 Å². The van der Waals surface area contributed by atoms with Crippen molar-refractivity contribution in [1.29, 1.82) is 0 Å². The van der Waals surface area contributed by atoms with E-state index < -0.39 is 0 Å². The minimum atomic E-state index is 0.560. The van der Waals surface area contributed by atoms with Gasteiger partial charge in [0.05, 0.1) is 12.1 Å². The molecule has 5 heteroatoms. The molecule has 0 amide bonds. The fourth-order valence-corrected chi connectivity index (χ4v) is 2.01. The van der Waals surface area contributed by atoms with Gasteiger partial charge in [0.2, 0.25) is 5.95 Å². The van der Waals surface area contributed by atoms with E-state index in [0.29, 0.717) is 18.5 Å². The summed E-state index contributed by atoms with van der Waals surface area (Å²) >= 11 is 0. The maximum absolute atomic E-state index is 5.59. The van der Waals surface area contributed by atoms with E-state index in [9.17, 15) is 0 Å². The third-order valence-electron chi connectivity index (χ3n) is 2.93. The molecule has 2 aromatic rings. The Kier molecular flexibility index (Phi) is 5.75. The molecule has 5 nitrogen and oxygen atoms in total. The number of nitrogens with zero attached hydrogens (tertiary/aromatic N) is 2. The van der Waals surface area contributed by atoms with Gasteiger partial charge in [-0.1, -0.05) is 26.0 Å². The SMILES string of the molecule is CCNc1nc(NCCOCC(C)C)c2ccccc2n1. The Morgan fingerprint density at radius 2 is 1.95 bits per heavy atom. The number of anilines is 2. The van der Waals surface area contributed by atoms with Gasteiger partial charge in [-0.3, -0.25) is 0 Å². The molecule has 2 N–H and O–H groups in total. The molecule has 21 heavy (non-hydrogen) atoms. The summed E-state index contributed by atoms with van der Waals surface area (Å²) in [6.07, 6.45) is 0. The molecule has 0 saturated carbocycles. The third kappa shape index (κ3) is 4.56. The lowest BCUT2D eigenvalue weighted by atomic mass is 10.2. The van der Waals surface area contributed by atoms with E-state index in [1.807, 2.05) is 31.2 Å². The number of para-hydroxylation sites is 1. The Hall–Kier alpha value is -1.88. The van der Waals surface area contributed by atoms with E-state index in [4.69, 9.17) is 4.74 Å². The first-order chi connectivity index (χ1) is 10.2. The lowest BCUT2D eigenvalue weighted by molar-refractivity contribution is 0.118. The molecule has 114 valence electrons. The van der Waals surface area contributed by atoms with Gasteiger partial charge in [-0.2, -0.15) is 4.98 Å². The van der Waals surface area contributed by atoms with Crippen LogP contribution in [0, 0.1) is 5.92 Å². The molecule has 1 aromatic heterocycles. The van der Waals surface area contributed by atoms with Gasteiger partial charge in [-0.15, -0.1) is 0 Å². The van der Waals surface area contributed by atoms with Gasteiger partial charge in [0.25, 0.3) is 0 Å². The van der Waals surface area contributed by atoms with E-state index in [2.05, 4.69) is 34.4 Å². The molecule has 0 unspecified atom stereocenters. The summed E-state index contributed by atoms with van der Waals surface area (Å²) < 4.78 is 5.59. The number of nitrogens with one attached hydrogen (secondary N) is 2. The summed E-state index contributed by atoms with van der Waals surface area (Å²) in [6, 6.07) is 8.01. The molecule has 0 fully saturated rings. The first kappa shape index (κ1) is 15.5. The van der Waals surface area contributed by atoms with Crippen LogP contribution >= 0.6 is 0 Å². The Labute approximate surface area is 126 Å². The number of hydrogen-bond acceptors (Lipinski definition) is 5. The maximum atomic E-state index is 5.59. The monoisotopic (exact) mass is 288 g/mol. The van der Waals surface area contributed by atoms with Crippen molar-refractivity contribution in [3.63, 3.8) is 0 Å². The topological polar surface area (TPSA) is 59.1 Å². The molecule has 0 spiro atoms. The number of aromatic nitrogens is 2. The Bertz CT molecular complexity index is 571. The van der Waals surface area contributed by atoms with Crippen LogP contribution in [0.2, 0.25) is 0 Å². The number of hydrogen-bond donors (Lipinski definition) is 2. The molecular formula is C16H24N4O. The van der Waals surface area contributed by atoms with Crippen molar-refractivity contribution in [3.05, 3.63) is 24.3 Å². The summed E-state index contributed by atoms with van der Waals surface area (Å²) in [5.41, 5.74) is 0.939. The first-order valence-corrected chi connectivity index (χ1v) is 7.53. The predicted octanol–water partition coefficient (Wildman–Crippen LogP) is 3.15. The Morgan fingerprint density at radius 3 is 2.71 bits per heavy atom. The normalized spacial score (nSPS) is 11.0. The molecule has 0 atom stereocenters. The fraction of sp³-hybridized carbons (Fsp3) is 0.500. The highest BCUT2D eigenvalue weighted by Gasteiger charge is 2.06. The highest BCUT2D eigenvalue weighted by molar-refractivity contribution is 5.89. The molecule has 0 aliphatic heterocycles. The molecule has 0 radical (unpaired) electrons. The summed E-state index contributed by atoms with van der Waals surface area (Å²) in [6.45, 7) is 9.32. The van der Waals surface area contributed by atoms with Gasteiger partial charge in [-0.05, 0) is 25.0 Å². The molecule has 1 heterocycles. The second kappa shape index (κ2) is 7.78. The summed E-state index contributed by atoms with van der Waals surface area (Å²) in [4.78, 5) is 9.03. The van der Waals surface area contributed by atoms with E-state index in [-0.39, 0.29) is 0 Å². The average molecular weight is 288 g/mol. The van der Waals surface area contributed by atoms with Crippen LogP contribution in [0.4, 0.5) is 11.8 Å². The predicted molar refractivity (Wildman–Crippen MR) is 87.8 cm³/mol. The maximum Gasteiger partial charge on any atom is 0.225 e. The molecule has 1 aromatic carbocycles. The summed E-state index contributed by atoms with van der Waals surface area (Å²) in [7, 11) is 0. The first-order valence-electron chi connectivity index (χ1n) is 7.53. The van der Waals surface area contributed by atoms with Crippen molar-refractivity contribution in [3.8, 4) is 0 Å². The van der Waals surface area contributed by atoms with Crippen LogP contribution < -0.4 is 10.6 Å². The molecular weight excluding hydrogens is 264 g/mol. The highest BCUT2D eigenvalue weighted by Crippen LogP contribution is 2.21. The van der Waals surface area contributed by atoms with Gasteiger partial charge in [0, 0.05) is 25.1 Å². The lowest BCUT2D eigenvalue weighted by Crippen LogP contribution is -2.14. The zero-order valence-electron chi connectivity index (χ0n) is 13.0. The second-order valence-corrected chi connectivity index (χ2v) is 5.34. The number of ether oxygens (including phenoxy) is 1. The minimum Gasteiger partial charge on any atom is -0.379 e. The summed E-state index contributed by atoms with van der Waals surface area (Å²) in [5.74, 6) is 2.07. The zero-order chi connectivity index (χ0) is 15.1. The lowest BCUT2D eigenvalue weighted by Gasteiger charge is -2.12. The largest absolute Gasteiger partial charge is 0.379 e. The van der Waals surface area contributed by atoms with E-state index in [1.54, 1.807) is 0 Å². The van der Waals surface area contributed by atoms with Gasteiger partial charge in [0.15, 0.2) is 0 Å². The van der Waals surface area contributed by atoms with Crippen molar-refractivity contribution >= 4 is 22.7 Å². The van der Waals surface area contributed by atoms with Crippen molar-refractivity contribution < 1.29 is 4.74 Å². The number of rotatable bonds is 8. The van der Waals surface area contributed by atoms with Gasteiger partial charge in [-0.25, -0.2) is 4.98 Å². The van der Waals surface area contributed by atoms with Crippen LogP contribution in [0.3, 0.4) is 0 Å². The third-order valence-corrected chi connectivity index (χ3v) is 2.93. The van der Waals surface area contributed by atoms with Gasteiger partial charge >= 0.3 is 0 Å². The van der Waals surface area contributed by atoms with Crippen LogP contribution in [-0.4, -0.2) is 36.3 Å². The van der Waals surface area contributed by atoms with E-state index >= 15 is 0 Å². The van der Waals surface area contributed by atoms with Crippen molar-refractivity contribution in [2.75, 3.05) is 36.9 Å². The van der Waals surface area contributed by atoms with Crippen molar-refractivity contribution in [1.82, 2.24) is 9.97 Å². The molecule has 0 bridgehead atoms. The van der Waals surface area contributed by atoms with Crippen LogP contribution in [0.1, 0.15) is 20.8 Å². The minimum absolute atomic E-state index is 0.560. The van der Waals surface area contributed by atoms with E-state index in [1.165, 1.54) is 0 Å². The zero-order valence-corrected chi connectivity index (χ0v) is 13.0. The highest BCUT2D eigenvalue weighted by atomic mass is 16.5. The molecule has 0 saturated heterocycles. The van der Waals surface area contributed by atoms with Crippen molar-refractivity contribution in [2.45, 2.75) is 20.8 Å². The van der Waals surface area contributed by atoms with Crippen LogP contribution in [0.15, 0.2) is 24.3 Å². The van der Waals surface area contributed by atoms with Crippen molar-refractivity contribution in [2.24, 2.45) is 5.92 Å². The van der Waals surface area contributed by atoms with Gasteiger partial charge in [0.1, 0.15) is 5.82 Å². The van der Waals surface area contributed by atoms with Crippen LogP contribution in [0.5, 0.6) is 0 Å². The van der Waals surface area contributed by atoms with E-state index in [0.717, 1.165) is 36.4 Å².